The van der Waals surface area contributed by atoms with Crippen LogP contribution in [0.1, 0.15) is 112 Å². The number of ether oxygens (including phenoxy) is 1. The lowest BCUT2D eigenvalue weighted by Crippen LogP contribution is -2.52. The highest BCUT2D eigenvalue weighted by atomic mass is 16.6. The number of hydrogen-bond donors (Lipinski definition) is 4. The number of aliphatic hydroxyl groups is 2. The number of aliphatic hydroxyl groups excluding tert-OH is 2. The van der Waals surface area contributed by atoms with Crippen LogP contribution in [0.4, 0.5) is 4.79 Å². The molecule has 0 radical (unpaired) electrons. The Morgan fingerprint density at radius 1 is 1.14 bits per heavy atom. The van der Waals surface area contributed by atoms with E-state index < -0.39 is 35.4 Å². The van der Waals surface area contributed by atoms with Gasteiger partial charge in [-0.1, -0.05) is 72.4 Å². The third kappa shape index (κ3) is 10.5. The van der Waals surface area contributed by atoms with Crippen molar-refractivity contribution in [3.8, 4) is 0 Å². The highest BCUT2D eigenvalue weighted by Gasteiger charge is 2.34. The zero-order chi connectivity index (χ0) is 31.9. The largest absolute Gasteiger partial charge is 0.444 e. The first kappa shape index (κ1) is 34.8. The monoisotopic (exact) mass is 600 g/mol. The predicted molar refractivity (Wildman–Crippen MR) is 170 cm³/mol. The number of alkyl carbamates (subject to hydrolysis) is 1. The van der Waals surface area contributed by atoms with E-state index in [1.807, 2.05) is 56.8 Å². The van der Waals surface area contributed by atoms with Crippen LogP contribution in [0, 0.1) is 23.2 Å². The molecule has 2 unspecified atom stereocenters. The molecule has 4 atom stereocenters. The summed E-state index contributed by atoms with van der Waals surface area (Å²) >= 11 is 0. The second kappa shape index (κ2) is 14.9. The highest BCUT2D eigenvalue weighted by molar-refractivity contribution is 5.81. The van der Waals surface area contributed by atoms with Gasteiger partial charge in [0.1, 0.15) is 5.60 Å². The number of carbonyl (C=O) groups excluding carboxylic acids is 2. The Hall–Kier alpha value is -2.65. The van der Waals surface area contributed by atoms with Gasteiger partial charge in [-0.3, -0.25) is 9.48 Å². The fourth-order valence-electron chi connectivity index (χ4n) is 5.55. The Morgan fingerprint density at radius 2 is 1.84 bits per heavy atom. The van der Waals surface area contributed by atoms with Crippen LogP contribution in [0.5, 0.6) is 0 Å². The fraction of sp³-hybridized carbons (Fsp3) is 0.735. The molecule has 1 aromatic heterocycles. The predicted octanol–water partition coefficient (Wildman–Crippen LogP) is 6.12. The van der Waals surface area contributed by atoms with Crippen LogP contribution in [-0.4, -0.2) is 56.3 Å². The van der Waals surface area contributed by atoms with E-state index in [1.54, 1.807) is 20.8 Å². The molecule has 4 N–H and O–H groups in total. The first-order valence-corrected chi connectivity index (χ1v) is 16.2. The minimum absolute atomic E-state index is 0.0259. The van der Waals surface area contributed by atoms with Gasteiger partial charge in [0.15, 0.2) is 0 Å². The summed E-state index contributed by atoms with van der Waals surface area (Å²) < 4.78 is 7.53. The number of rotatable bonds is 16. The van der Waals surface area contributed by atoms with E-state index in [4.69, 9.17) is 4.74 Å². The first-order chi connectivity index (χ1) is 20.1. The molecule has 1 aliphatic carbocycles. The lowest BCUT2D eigenvalue weighted by molar-refractivity contribution is -0.130. The summed E-state index contributed by atoms with van der Waals surface area (Å²) in [6, 6.07) is 5.18. The summed E-state index contributed by atoms with van der Waals surface area (Å²) in [5.41, 5.74) is 0.489. The van der Waals surface area contributed by atoms with Gasteiger partial charge in [-0.2, -0.15) is 5.10 Å². The van der Waals surface area contributed by atoms with E-state index in [0.717, 1.165) is 54.6 Å². The van der Waals surface area contributed by atoms with Crippen molar-refractivity contribution in [2.75, 3.05) is 6.54 Å². The lowest BCUT2D eigenvalue weighted by Gasteiger charge is -2.34. The molecule has 3 rings (SSSR count). The van der Waals surface area contributed by atoms with Crippen molar-refractivity contribution in [3.05, 3.63) is 30.0 Å². The third-order valence-electron chi connectivity index (χ3n) is 8.65. The van der Waals surface area contributed by atoms with Crippen LogP contribution in [0.15, 0.2) is 24.4 Å². The number of unbranched alkanes of at least 4 members (excludes halogenated alkanes) is 1. The molecule has 1 aromatic carbocycles. The Morgan fingerprint density at radius 3 is 2.44 bits per heavy atom. The van der Waals surface area contributed by atoms with Gasteiger partial charge in [-0.05, 0) is 69.4 Å². The molecule has 9 heteroatoms. The number of hydrogen-bond acceptors (Lipinski definition) is 6. The van der Waals surface area contributed by atoms with Gasteiger partial charge < -0.3 is 25.6 Å². The zero-order valence-electron chi connectivity index (χ0n) is 27.7. The van der Waals surface area contributed by atoms with Crippen LogP contribution < -0.4 is 10.6 Å². The molecule has 43 heavy (non-hydrogen) atoms. The van der Waals surface area contributed by atoms with Crippen molar-refractivity contribution in [1.82, 2.24) is 20.4 Å². The standard InChI is InChI=1S/C34H56N4O5/c1-9-10-16-34(7,8)31(41)35-21-29(39)27(37-32(42)43-33(4,5)6)19-26(22(2)3)30(40)24-13-14-25-20-36-38(28(25)18-24)17-15-23-11-12-23/h13-14,18,20,22-23,26-27,29-30,39-40H,9-12,15-17,19,21H2,1-8H3,(H,35,41)(H,37,42)/t26-,27-,29?,30?/m0/s1. The maximum absolute atomic E-state index is 12.9. The number of aryl methyl sites for hydroxylation is 1. The number of fused-ring (bicyclic) bond motifs is 1. The van der Waals surface area contributed by atoms with Crippen LogP contribution >= 0.6 is 0 Å². The molecule has 1 saturated carbocycles. The summed E-state index contributed by atoms with van der Waals surface area (Å²) in [6.07, 6.45) is 5.96. The maximum atomic E-state index is 12.9. The van der Waals surface area contributed by atoms with Crippen molar-refractivity contribution in [3.63, 3.8) is 0 Å². The van der Waals surface area contributed by atoms with Gasteiger partial charge in [0.25, 0.3) is 0 Å². The molecule has 2 aromatic rings. The SMILES string of the molecule is CCCCC(C)(C)C(=O)NCC(O)[C@H](C[C@@H](C(C)C)C(O)c1ccc2cnn(CCC3CC3)c2c1)NC(=O)OC(C)(C)C. The van der Waals surface area contributed by atoms with Crippen molar-refractivity contribution in [2.24, 2.45) is 23.2 Å². The Balaban J connectivity index is 1.79. The number of nitrogens with zero attached hydrogens (tertiary/aromatic N) is 2. The summed E-state index contributed by atoms with van der Waals surface area (Å²) in [5.74, 6) is 0.393. The first-order valence-electron chi connectivity index (χ1n) is 16.2. The number of benzene rings is 1. The highest BCUT2D eigenvalue weighted by Crippen LogP contribution is 2.35. The van der Waals surface area contributed by atoms with E-state index in [2.05, 4.69) is 22.7 Å². The van der Waals surface area contributed by atoms with Crippen molar-refractivity contribution in [2.45, 2.75) is 131 Å². The quantitative estimate of drug-likeness (QED) is 0.184. The van der Waals surface area contributed by atoms with Gasteiger partial charge in [-0.25, -0.2) is 4.79 Å². The van der Waals surface area contributed by atoms with Crippen molar-refractivity contribution in [1.29, 1.82) is 0 Å². The van der Waals surface area contributed by atoms with Crippen LogP contribution in [0.3, 0.4) is 0 Å². The average Bonchev–Trinajstić information content (AvgIpc) is 3.67. The minimum Gasteiger partial charge on any atom is -0.444 e. The topological polar surface area (TPSA) is 126 Å². The molecule has 242 valence electrons. The molecule has 9 nitrogen and oxygen atoms in total. The Labute approximate surface area is 258 Å². The molecular weight excluding hydrogens is 544 g/mol. The number of carbonyl (C=O) groups is 2. The number of nitrogens with one attached hydrogen (secondary N) is 2. The van der Waals surface area contributed by atoms with Crippen LogP contribution in [-0.2, 0) is 16.1 Å². The van der Waals surface area contributed by atoms with E-state index in [-0.39, 0.29) is 30.7 Å². The van der Waals surface area contributed by atoms with Crippen LogP contribution in [0.25, 0.3) is 10.9 Å². The smallest absolute Gasteiger partial charge is 0.407 e. The summed E-state index contributed by atoms with van der Waals surface area (Å²) in [7, 11) is 0. The molecule has 0 aliphatic heterocycles. The van der Waals surface area contributed by atoms with E-state index in [9.17, 15) is 19.8 Å². The van der Waals surface area contributed by atoms with Crippen molar-refractivity contribution < 1.29 is 24.5 Å². The van der Waals surface area contributed by atoms with E-state index in [1.165, 1.54) is 12.8 Å². The fourth-order valence-corrected chi connectivity index (χ4v) is 5.55. The van der Waals surface area contributed by atoms with Gasteiger partial charge in [0.05, 0.1) is 30.0 Å². The van der Waals surface area contributed by atoms with Gasteiger partial charge >= 0.3 is 6.09 Å². The second-order valence-corrected chi connectivity index (χ2v) is 14.5. The lowest BCUT2D eigenvalue weighted by atomic mass is 9.80. The van der Waals surface area contributed by atoms with Crippen molar-refractivity contribution >= 4 is 22.9 Å². The van der Waals surface area contributed by atoms with E-state index >= 15 is 0 Å². The third-order valence-corrected chi connectivity index (χ3v) is 8.65. The average molecular weight is 601 g/mol. The van der Waals surface area contributed by atoms with Gasteiger partial charge in [-0.15, -0.1) is 0 Å². The molecule has 2 amide bonds. The maximum Gasteiger partial charge on any atom is 0.407 e. The van der Waals surface area contributed by atoms with Crippen LogP contribution in [0.2, 0.25) is 0 Å². The molecule has 1 fully saturated rings. The molecular formula is C34H56N4O5. The molecule has 1 heterocycles. The molecule has 1 aliphatic rings. The normalized spacial score (nSPS) is 17.0. The molecule has 0 spiro atoms. The Kier molecular flexibility index (Phi) is 12.1. The zero-order valence-corrected chi connectivity index (χ0v) is 27.7. The summed E-state index contributed by atoms with van der Waals surface area (Å²) in [4.78, 5) is 25.8. The summed E-state index contributed by atoms with van der Waals surface area (Å²) in [5, 5.41) is 34.4. The minimum atomic E-state index is -1.08. The summed E-state index contributed by atoms with van der Waals surface area (Å²) in [6.45, 7) is 16.1. The Bertz CT molecular complexity index is 1200. The molecule has 0 bridgehead atoms. The van der Waals surface area contributed by atoms with E-state index in [0.29, 0.717) is 0 Å². The number of amides is 2. The van der Waals surface area contributed by atoms with Gasteiger partial charge in [0, 0.05) is 23.9 Å². The number of aromatic nitrogens is 2. The molecule has 0 saturated heterocycles. The van der Waals surface area contributed by atoms with Gasteiger partial charge in [0.2, 0.25) is 5.91 Å². The second-order valence-electron chi connectivity index (χ2n) is 14.5.